The Kier molecular flexibility index (Phi) is 1.67. The van der Waals surface area contributed by atoms with E-state index in [0.29, 0.717) is 17.9 Å². The van der Waals surface area contributed by atoms with Crippen LogP contribution >= 0.6 is 0 Å². The van der Waals surface area contributed by atoms with Gasteiger partial charge in [-0.2, -0.15) is 0 Å². The molecule has 1 aliphatic rings. The van der Waals surface area contributed by atoms with E-state index in [-0.39, 0.29) is 0 Å². The largest absolute Gasteiger partial charge is 0.478 e. The first kappa shape index (κ1) is 8.87. The van der Waals surface area contributed by atoms with Gasteiger partial charge in [-0.15, -0.1) is 0 Å². The van der Waals surface area contributed by atoms with E-state index >= 15 is 0 Å². The van der Waals surface area contributed by atoms with Crippen molar-refractivity contribution in [1.29, 1.82) is 0 Å². The minimum atomic E-state index is -1.14. The molecule has 4 heteroatoms. The highest BCUT2D eigenvalue weighted by molar-refractivity contribution is 5.79. The Balaban J connectivity index is 2.39. The lowest BCUT2D eigenvalue weighted by Crippen LogP contribution is -2.39. The third kappa shape index (κ3) is 1.19. The molecule has 0 amide bonds. The van der Waals surface area contributed by atoms with E-state index < -0.39 is 11.6 Å². The van der Waals surface area contributed by atoms with E-state index in [2.05, 4.69) is 0 Å². The Hall–Kier alpha value is -1.71. The zero-order chi connectivity index (χ0) is 10.3. The molecule has 1 unspecified atom stereocenters. The number of nitrogen functional groups attached to an aromatic ring is 1. The van der Waals surface area contributed by atoms with Crippen LogP contribution in [0.4, 0.5) is 5.69 Å². The molecule has 0 radical (unpaired) electrons. The summed E-state index contributed by atoms with van der Waals surface area (Å²) in [5, 5.41) is 8.96. The monoisotopic (exact) mass is 193 g/mol. The molecule has 0 aliphatic carbocycles. The summed E-state index contributed by atoms with van der Waals surface area (Å²) in [4.78, 5) is 10.9. The smallest absolute Gasteiger partial charge is 0.348 e. The van der Waals surface area contributed by atoms with Gasteiger partial charge in [-0.05, 0) is 25.1 Å². The molecule has 14 heavy (non-hydrogen) atoms. The average Bonchev–Trinajstić information content (AvgIpc) is 2.42. The Bertz CT molecular complexity index is 402. The fourth-order valence-electron chi connectivity index (χ4n) is 1.60. The van der Waals surface area contributed by atoms with Crippen LogP contribution in [-0.2, 0) is 11.2 Å². The van der Waals surface area contributed by atoms with Crippen LogP contribution in [0.5, 0.6) is 5.75 Å². The second-order valence-corrected chi connectivity index (χ2v) is 3.68. The molecule has 1 atom stereocenters. The number of rotatable bonds is 1. The number of fused-ring (bicyclic) bond motifs is 1. The lowest BCUT2D eigenvalue weighted by Gasteiger charge is -2.17. The molecule has 74 valence electrons. The molecule has 0 aromatic heterocycles. The molecule has 1 aromatic rings. The molecule has 0 bridgehead atoms. The Morgan fingerprint density at radius 2 is 2.36 bits per heavy atom. The van der Waals surface area contributed by atoms with Crippen molar-refractivity contribution >= 4 is 11.7 Å². The van der Waals surface area contributed by atoms with Crippen molar-refractivity contribution in [3.63, 3.8) is 0 Å². The van der Waals surface area contributed by atoms with Crippen LogP contribution in [0.1, 0.15) is 12.5 Å². The van der Waals surface area contributed by atoms with E-state index in [0.717, 1.165) is 5.56 Å². The maximum atomic E-state index is 10.9. The fourth-order valence-corrected chi connectivity index (χ4v) is 1.60. The van der Waals surface area contributed by atoms with Crippen molar-refractivity contribution in [3.05, 3.63) is 23.8 Å². The highest BCUT2D eigenvalue weighted by Crippen LogP contribution is 2.36. The fraction of sp³-hybridized carbons (Fsp3) is 0.300. The van der Waals surface area contributed by atoms with Crippen molar-refractivity contribution in [2.24, 2.45) is 0 Å². The van der Waals surface area contributed by atoms with Gasteiger partial charge >= 0.3 is 5.97 Å². The van der Waals surface area contributed by atoms with Crippen LogP contribution in [0, 0.1) is 0 Å². The summed E-state index contributed by atoms with van der Waals surface area (Å²) in [6, 6.07) is 5.16. The maximum Gasteiger partial charge on any atom is 0.348 e. The first-order valence-corrected chi connectivity index (χ1v) is 4.32. The number of carboxylic acid groups (broad SMARTS) is 1. The SMILES string of the molecule is CC1(C(=O)O)Cc2cc(N)ccc2O1. The molecule has 0 fully saturated rings. The van der Waals surface area contributed by atoms with Gasteiger partial charge in [0.1, 0.15) is 5.75 Å². The second kappa shape index (κ2) is 2.64. The van der Waals surface area contributed by atoms with Gasteiger partial charge in [0.05, 0.1) is 0 Å². The summed E-state index contributed by atoms with van der Waals surface area (Å²) < 4.78 is 5.36. The summed E-state index contributed by atoms with van der Waals surface area (Å²) in [7, 11) is 0. The van der Waals surface area contributed by atoms with Crippen molar-refractivity contribution in [1.82, 2.24) is 0 Å². The summed E-state index contributed by atoms with van der Waals surface area (Å²) in [5.41, 5.74) is 5.93. The number of aliphatic carboxylic acids is 1. The Morgan fingerprint density at radius 3 is 3.00 bits per heavy atom. The quantitative estimate of drug-likeness (QED) is 0.654. The molecule has 1 heterocycles. The molecule has 0 spiro atoms. The third-order valence-electron chi connectivity index (χ3n) is 2.40. The number of benzene rings is 1. The van der Waals surface area contributed by atoms with Crippen LogP contribution in [0.25, 0.3) is 0 Å². The predicted molar refractivity (Wildman–Crippen MR) is 51.2 cm³/mol. The van der Waals surface area contributed by atoms with Crippen molar-refractivity contribution in [3.8, 4) is 5.75 Å². The first-order valence-electron chi connectivity index (χ1n) is 4.32. The summed E-state index contributed by atoms with van der Waals surface area (Å²) in [5.74, 6) is -0.337. The molecule has 3 N–H and O–H groups in total. The number of anilines is 1. The topological polar surface area (TPSA) is 72.5 Å². The minimum Gasteiger partial charge on any atom is -0.478 e. The molecule has 1 aromatic carbocycles. The Morgan fingerprint density at radius 1 is 1.64 bits per heavy atom. The normalized spacial score (nSPS) is 24.1. The van der Waals surface area contributed by atoms with Gasteiger partial charge in [-0.25, -0.2) is 4.79 Å². The highest BCUT2D eigenvalue weighted by Gasteiger charge is 2.41. The van der Waals surface area contributed by atoms with Crippen LogP contribution in [0.2, 0.25) is 0 Å². The van der Waals surface area contributed by atoms with Crippen molar-refractivity contribution in [2.75, 3.05) is 5.73 Å². The van der Waals surface area contributed by atoms with Gasteiger partial charge in [0.2, 0.25) is 5.60 Å². The van der Waals surface area contributed by atoms with E-state index in [1.807, 2.05) is 0 Å². The molecule has 2 rings (SSSR count). The summed E-state index contributed by atoms with van der Waals surface area (Å²) in [6.45, 7) is 1.56. The first-order chi connectivity index (χ1) is 6.51. The lowest BCUT2D eigenvalue weighted by molar-refractivity contribution is -0.152. The standard InChI is InChI=1S/C10H11NO3/c1-10(9(12)13)5-6-4-7(11)2-3-8(6)14-10/h2-4H,5,11H2,1H3,(H,12,13). The average molecular weight is 193 g/mol. The van der Waals surface area contributed by atoms with Crippen LogP contribution < -0.4 is 10.5 Å². The molecular formula is C10H11NO3. The second-order valence-electron chi connectivity index (χ2n) is 3.68. The number of ether oxygens (including phenoxy) is 1. The molecule has 4 nitrogen and oxygen atoms in total. The maximum absolute atomic E-state index is 10.9. The summed E-state index contributed by atoms with van der Waals surface area (Å²) >= 11 is 0. The van der Waals surface area contributed by atoms with E-state index in [4.69, 9.17) is 15.6 Å². The van der Waals surface area contributed by atoms with E-state index in [9.17, 15) is 4.79 Å². The minimum absolute atomic E-state index is 0.364. The molecule has 0 saturated carbocycles. The molecular weight excluding hydrogens is 182 g/mol. The van der Waals surface area contributed by atoms with Gasteiger partial charge < -0.3 is 15.6 Å². The Labute approximate surface area is 81.3 Å². The predicted octanol–water partition coefficient (Wildman–Crippen LogP) is 1.05. The highest BCUT2D eigenvalue weighted by atomic mass is 16.5. The number of carbonyl (C=O) groups is 1. The third-order valence-corrected chi connectivity index (χ3v) is 2.40. The van der Waals surface area contributed by atoms with Crippen LogP contribution in [-0.4, -0.2) is 16.7 Å². The van der Waals surface area contributed by atoms with Gasteiger partial charge in [-0.3, -0.25) is 0 Å². The van der Waals surface area contributed by atoms with Crippen LogP contribution in [0.15, 0.2) is 18.2 Å². The zero-order valence-corrected chi connectivity index (χ0v) is 7.78. The number of hydrogen-bond acceptors (Lipinski definition) is 3. The summed E-state index contributed by atoms with van der Waals surface area (Å²) in [6.07, 6.45) is 0.364. The lowest BCUT2D eigenvalue weighted by atomic mass is 9.99. The van der Waals surface area contributed by atoms with E-state index in [1.54, 1.807) is 25.1 Å². The molecule has 0 saturated heterocycles. The van der Waals surface area contributed by atoms with Gasteiger partial charge in [0, 0.05) is 17.7 Å². The number of hydrogen-bond donors (Lipinski definition) is 2. The number of nitrogens with two attached hydrogens (primary N) is 1. The van der Waals surface area contributed by atoms with Crippen LogP contribution in [0.3, 0.4) is 0 Å². The van der Waals surface area contributed by atoms with E-state index in [1.165, 1.54) is 0 Å². The zero-order valence-electron chi connectivity index (χ0n) is 7.78. The van der Waals surface area contributed by atoms with Gasteiger partial charge in [0.15, 0.2) is 0 Å². The molecule has 1 aliphatic heterocycles. The van der Waals surface area contributed by atoms with Crippen molar-refractivity contribution < 1.29 is 14.6 Å². The van der Waals surface area contributed by atoms with Crippen molar-refractivity contribution in [2.45, 2.75) is 18.9 Å². The van der Waals surface area contributed by atoms with Gasteiger partial charge in [-0.1, -0.05) is 0 Å². The van der Waals surface area contributed by atoms with Gasteiger partial charge in [0.25, 0.3) is 0 Å². The number of carboxylic acids is 1.